The van der Waals surface area contributed by atoms with Gasteiger partial charge in [0.25, 0.3) is 0 Å². The van der Waals surface area contributed by atoms with Crippen molar-refractivity contribution in [2.45, 2.75) is 70.4 Å². The lowest BCUT2D eigenvalue weighted by Crippen LogP contribution is -2.33. The van der Waals surface area contributed by atoms with Crippen LogP contribution in [0.15, 0.2) is 60.8 Å². The summed E-state index contributed by atoms with van der Waals surface area (Å²) in [5.41, 5.74) is 0. The zero-order chi connectivity index (χ0) is 24.0. The molecule has 5 atom stereocenters. The van der Waals surface area contributed by atoms with Crippen molar-refractivity contribution >= 4 is 16.4 Å². The maximum Gasteiger partial charge on any atom is 0.397 e. The van der Waals surface area contributed by atoms with Crippen molar-refractivity contribution in [3.63, 3.8) is 0 Å². The normalized spacial score (nSPS) is 22.8. The van der Waals surface area contributed by atoms with Gasteiger partial charge in [0.1, 0.15) is 12.2 Å². The van der Waals surface area contributed by atoms with Crippen molar-refractivity contribution in [1.29, 1.82) is 0 Å². The third-order valence-corrected chi connectivity index (χ3v) is 5.33. The lowest BCUT2D eigenvalue weighted by molar-refractivity contribution is -0.146. The Morgan fingerprint density at radius 2 is 1.91 bits per heavy atom. The Labute approximate surface area is 190 Å². The number of carbonyl (C=O) groups is 1. The summed E-state index contributed by atoms with van der Waals surface area (Å²) in [4.78, 5) is 11.3. The average Bonchev–Trinajstić information content (AvgIpc) is 2.72. The number of unbranched alkanes of at least 4 members (excludes halogenated alkanes) is 3. The predicted octanol–water partition coefficient (Wildman–Crippen LogP) is 3.21. The van der Waals surface area contributed by atoms with Crippen LogP contribution in [0.3, 0.4) is 0 Å². The zero-order valence-electron chi connectivity index (χ0n) is 18.5. The average molecular weight is 471 g/mol. The molecule has 0 aromatic heterocycles. The molecule has 0 aromatic rings. The van der Waals surface area contributed by atoms with Gasteiger partial charge in [0.15, 0.2) is 0 Å². The van der Waals surface area contributed by atoms with Gasteiger partial charge in [0.2, 0.25) is 0 Å². The van der Waals surface area contributed by atoms with E-state index in [1.165, 1.54) is 37.1 Å². The molecule has 9 heteroatoms. The van der Waals surface area contributed by atoms with E-state index < -0.39 is 46.7 Å². The fourth-order valence-corrected chi connectivity index (χ4v) is 3.48. The Hall–Kier alpha value is -2.04. The fraction of sp³-hybridized carbons (Fsp3) is 0.522. The summed E-state index contributed by atoms with van der Waals surface area (Å²) in [5, 5.41) is 20.2. The van der Waals surface area contributed by atoms with Crippen LogP contribution < -0.4 is 0 Å². The summed E-state index contributed by atoms with van der Waals surface area (Å²) < 4.78 is 41.2. The zero-order valence-corrected chi connectivity index (χ0v) is 19.3. The molecule has 0 amide bonds. The van der Waals surface area contributed by atoms with Gasteiger partial charge in [-0.3, -0.25) is 4.55 Å². The largest absolute Gasteiger partial charge is 0.452 e. The number of ether oxygens (including phenoxy) is 1. The van der Waals surface area contributed by atoms with Crippen LogP contribution in [-0.2, 0) is 24.1 Å². The van der Waals surface area contributed by atoms with Gasteiger partial charge in [0.05, 0.1) is 12.2 Å². The molecule has 0 bridgehead atoms. The van der Waals surface area contributed by atoms with E-state index in [4.69, 9.17) is 13.5 Å². The molecule has 1 aliphatic rings. The molecule has 1 aliphatic heterocycles. The molecule has 0 aliphatic carbocycles. The molecule has 1 rings (SSSR count). The van der Waals surface area contributed by atoms with Crippen LogP contribution in [0.2, 0.25) is 0 Å². The summed E-state index contributed by atoms with van der Waals surface area (Å²) in [6.45, 7) is 3.73. The van der Waals surface area contributed by atoms with Gasteiger partial charge >= 0.3 is 16.4 Å². The highest BCUT2D eigenvalue weighted by Crippen LogP contribution is 2.20. The second kappa shape index (κ2) is 14.9. The fourth-order valence-electron chi connectivity index (χ4n) is 2.92. The van der Waals surface area contributed by atoms with Crippen molar-refractivity contribution in [1.82, 2.24) is 0 Å². The van der Waals surface area contributed by atoms with Crippen LogP contribution >= 0.6 is 0 Å². The van der Waals surface area contributed by atoms with Gasteiger partial charge in [-0.25, -0.2) is 8.98 Å². The van der Waals surface area contributed by atoms with Crippen molar-refractivity contribution < 1.29 is 36.9 Å². The first-order valence-corrected chi connectivity index (χ1v) is 12.1. The third kappa shape index (κ3) is 12.1. The molecule has 0 saturated heterocycles. The predicted molar refractivity (Wildman–Crippen MR) is 122 cm³/mol. The Morgan fingerprint density at radius 3 is 2.59 bits per heavy atom. The second-order valence-corrected chi connectivity index (χ2v) is 8.57. The molecule has 180 valence electrons. The number of cyclic esters (lactones) is 1. The summed E-state index contributed by atoms with van der Waals surface area (Å²) in [6.07, 6.45) is 16.4. The molecule has 1 heterocycles. The molecule has 3 N–H and O–H groups in total. The van der Waals surface area contributed by atoms with Crippen LogP contribution in [0.1, 0.15) is 46.0 Å². The lowest BCUT2D eigenvalue weighted by Gasteiger charge is -2.25. The monoisotopic (exact) mass is 470 g/mol. The minimum Gasteiger partial charge on any atom is -0.452 e. The Bertz CT molecular complexity index is 810. The van der Waals surface area contributed by atoms with Crippen LogP contribution in [0, 0.1) is 5.92 Å². The molecule has 0 spiro atoms. The minimum atomic E-state index is -4.76. The number of hydrogen-bond donors (Lipinski definition) is 3. The molecule has 8 nitrogen and oxygen atoms in total. The van der Waals surface area contributed by atoms with Gasteiger partial charge in [-0.2, -0.15) is 8.42 Å². The smallest absolute Gasteiger partial charge is 0.397 e. The number of carbonyl (C=O) groups excluding carboxylic acids is 1. The van der Waals surface area contributed by atoms with E-state index in [1.807, 2.05) is 12.2 Å². The van der Waals surface area contributed by atoms with Gasteiger partial charge < -0.3 is 14.9 Å². The first kappa shape index (κ1) is 28.0. The SMILES string of the molecule is CCCCC/C=C/C=C\C=C/[C@H](O)[C@H](C)[C@H](C/C=C/[C@@H]1OC(=O)C=C[C@@H]1O)OS(=O)(=O)O. The van der Waals surface area contributed by atoms with Crippen molar-refractivity contribution in [2.75, 3.05) is 0 Å². The lowest BCUT2D eigenvalue weighted by atomic mass is 9.95. The first-order valence-electron chi connectivity index (χ1n) is 10.7. The number of rotatable bonds is 14. The summed E-state index contributed by atoms with van der Waals surface area (Å²) in [7, 11) is -4.76. The molecule has 0 saturated carbocycles. The van der Waals surface area contributed by atoms with Crippen LogP contribution in [0.25, 0.3) is 0 Å². The molecule has 0 fully saturated rings. The van der Waals surface area contributed by atoms with E-state index in [0.29, 0.717) is 0 Å². The van der Waals surface area contributed by atoms with Gasteiger partial charge in [-0.1, -0.05) is 69.2 Å². The third-order valence-electron chi connectivity index (χ3n) is 4.83. The maximum atomic E-state index is 11.3. The van der Waals surface area contributed by atoms with E-state index in [-0.39, 0.29) is 6.42 Å². The molecule has 0 aromatic carbocycles. The summed E-state index contributed by atoms with van der Waals surface area (Å²) in [6, 6.07) is 0. The van der Waals surface area contributed by atoms with Crippen LogP contribution in [-0.4, -0.2) is 53.6 Å². The molecular weight excluding hydrogens is 436 g/mol. The summed E-state index contributed by atoms with van der Waals surface area (Å²) >= 11 is 0. The number of allylic oxidation sites excluding steroid dienone is 5. The minimum absolute atomic E-state index is 0.0212. The van der Waals surface area contributed by atoms with Crippen molar-refractivity contribution in [3.8, 4) is 0 Å². The molecular formula is C23H34O8S. The molecule has 0 radical (unpaired) electrons. The molecule has 0 unspecified atom stereocenters. The van der Waals surface area contributed by atoms with Gasteiger partial charge in [0, 0.05) is 12.0 Å². The van der Waals surface area contributed by atoms with Crippen molar-refractivity contribution in [3.05, 3.63) is 60.8 Å². The second-order valence-electron chi connectivity index (χ2n) is 7.52. The van der Waals surface area contributed by atoms with Crippen LogP contribution in [0.4, 0.5) is 0 Å². The molecule has 32 heavy (non-hydrogen) atoms. The van der Waals surface area contributed by atoms with E-state index >= 15 is 0 Å². The standard InChI is InChI=1S/C23H34O8S/c1-3-4-5-6-7-8-9-10-11-13-19(24)18(2)21(31-32(27,28)29)14-12-15-22-20(25)16-17-23(26)30-22/h7-13,15-22,24-25H,3-6,14H2,1-2H3,(H,27,28,29)/b8-7+,10-9-,13-11-,15-12+/t18-,19-,20-,21-,22-/m0/s1. The number of aliphatic hydroxyl groups is 2. The van der Waals surface area contributed by atoms with Gasteiger partial charge in [-0.05, 0) is 31.4 Å². The Kier molecular flexibility index (Phi) is 13.0. The number of hydrogen-bond acceptors (Lipinski definition) is 7. The van der Waals surface area contributed by atoms with E-state index in [9.17, 15) is 23.4 Å². The Balaban J connectivity index is 2.67. The van der Waals surface area contributed by atoms with Gasteiger partial charge in [-0.15, -0.1) is 0 Å². The van der Waals surface area contributed by atoms with Crippen molar-refractivity contribution in [2.24, 2.45) is 5.92 Å². The highest BCUT2D eigenvalue weighted by atomic mass is 32.3. The highest BCUT2D eigenvalue weighted by Gasteiger charge is 2.28. The Morgan fingerprint density at radius 1 is 1.19 bits per heavy atom. The topological polar surface area (TPSA) is 130 Å². The first-order chi connectivity index (χ1) is 15.1. The van der Waals surface area contributed by atoms with E-state index in [2.05, 4.69) is 13.0 Å². The summed E-state index contributed by atoms with van der Waals surface area (Å²) in [5.74, 6) is -1.30. The van der Waals surface area contributed by atoms with Crippen LogP contribution in [0.5, 0.6) is 0 Å². The van der Waals surface area contributed by atoms with E-state index in [1.54, 1.807) is 19.1 Å². The van der Waals surface area contributed by atoms with E-state index in [0.717, 1.165) is 18.9 Å². The number of aliphatic hydroxyl groups excluding tert-OH is 2. The number of esters is 1. The highest BCUT2D eigenvalue weighted by molar-refractivity contribution is 7.80. The maximum absolute atomic E-state index is 11.3. The quantitative estimate of drug-likeness (QED) is 0.116.